The third-order valence-corrected chi connectivity index (χ3v) is 1.98. The molecule has 0 amide bonds. The Morgan fingerprint density at radius 1 is 1.20 bits per heavy atom. The Morgan fingerprint density at radius 2 is 2.00 bits per heavy atom. The van der Waals surface area contributed by atoms with Crippen LogP contribution in [0.2, 0.25) is 5.15 Å². The van der Waals surface area contributed by atoms with Crippen LogP contribution in [-0.4, -0.2) is 15.1 Å². The predicted octanol–water partition coefficient (Wildman–Crippen LogP) is 2.58. The van der Waals surface area contributed by atoms with Crippen LogP contribution >= 0.6 is 11.6 Å². The molecule has 2 rings (SSSR count). The molecule has 76 valence electrons. The van der Waals surface area contributed by atoms with Crippen molar-refractivity contribution in [3.8, 4) is 5.75 Å². The van der Waals surface area contributed by atoms with E-state index in [-0.39, 0.29) is 5.75 Å². The summed E-state index contributed by atoms with van der Waals surface area (Å²) in [6, 6.07) is 8.41. The highest BCUT2D eigenvalue weighted by molar-refractivity contribution is 6.29. The van der Waals surface area contributed by atoms with E-state index in [1.807, 2.05) is 0 Å². The fourth-order valence-corrected chi connectivity index (χ4v) is 1.23. The number of nitrogens with zero attached hydrogens (tertiary/aromatic N) is 2. The van der Waals surface area contributed by atoms with Crippen molar-refractivity contribution in [1.29, 1.82) is 0 Å². The summed E-state index contributed by atoms with van der Waals surface area (Å²) in [6.45, 7) is 0. The lowest BCUT2D eigenvalue weighted by Gasteiger charge is -2.05. The number of hydrogen-bond acceptors (Lipinski definition) is 4. The van der Waals surface area contributed by atoms with Gasteiger partial charge >= 0.3 is 0 Å². The van der Waals surface area contributed by atoms with Crippen LogP contribution < -0.4 is 5.32 Å². The summed E-state index contributed by atoms with van der Waals surface area (Å²) < 4.78 is 0. The van der Waals surface area contributed by atoms with Gasteiger partial charge in [0.25, 0.3) is 0 Å². The number of aromatic nitrogens is 2. The van der Waals surface area contributed by atoms with Crippen LogP contribution in [0, 0.1) is 0 Å². The molecule has 0 spiro atoms. The molecular formula is C10H8ClN3O. The van der Waals surface area contributed by atoms with Crippen molar-refractivity contribution in [3.63, 3.8) is 0 Å². The number of halogens is 1. The largest absolute Gasteiger partial charge is 0.506 e. The van der Waals surface area contributed by atoms with Crippen molar-refractivity contribution in [2.45, 2.75) is 0 Å². The minimum Gasteiger partial charge on any atom is -0.506 e. The summed E-state index contributed by atoms with van der Waals surface area (Å²) in [5.41, 5.74) is 0.541. The molecule has 5 heteroatoms. The van der Waals surface area contributed by atoms with Gasteiger partial charge in [-0.15, -0.1) is 0 Å². The Kier molecular flexibility index (Phi) is 2.69. The summed E-state index contributed by atoms with van der Waals surface area (Å²) in [5.74, 6) is 0.491. The monoisotopic (exact) mass is 221 g/mol. The number of para-hydroxylation sites is 2. The zero-order chi connectivity index (χ0) is 10.7. The molecule has 0 saturated heterocycles. The molecule has 0 aliphatic carbocycles. The highest BCUT2D eigenvalue weighted by Gasteiger charge is 2.01. The number of aromatic hydroxyl groups is 1. The van der Waals surface area contributed by atoms with Gasteiger partial charge in [-0.25, -0.2) is 9.97 Å². The van der Waals surface area contributed by atoms with E-state index in [1.54, 1.807) is 30.3 Å². The van der Waals surface area contributed by atoms with E-state index in [0.717, 1.165) is 0 Å². The van der Waals surface area contributed by atoms with Crippen molar-refractivity contribution in [2.75, 3.05) is 5.32 Å². The smallest absolute Gasteiger partial charge is 0.228 e. The standard InChI is InChI=1S/C10H8ClN3O/c11-9-5-6-12-10(14-9)13-7-3-1-2-4-8(7)15/h1-6,15H,(H,12,13,14). The number of hydrogen-bond donors (Lipinski definition) is 2. The lowest BCUT2D eigenvalue weighted by atomic mass is 10.3. The van der Waals surface area contributed by atoms with Gasteiger partial charge in [0, 0.05) is 6.20 Å². The zero-order valence-electron chi connectivity index (χ0n) is 7.68. The fraction of sp³-hybridized carbons (Fsp3) is 0. The van der Waals surface area contributed by atoms with Crippen LogP contribution in [0.25, 0.3) is 0 Å². The highest BCUT2D eigenvalue weighted by Crippen LogP contribution is 2.24. The van der Waals surface area contributed by atoms with E-state index in [2.05, 4.69) is 15.3 Å². The molecular weight excluding hydrogens is 214 g/mol. The molecule has 0 unspecified atom stereocenters. The topological polar surface area (TPSA) is 58.0 Å². The van der Waals surface area contributed by atoms with E-state index in [0.29, 0.717) is 16.8 Å². The van der Waals surface area contributed by atoms with E-state index in [1.165, 1.54) is 6.20 Å². The van der Waals surface area contributed by atoms with Gasteiger partial charge in [0.15, 0.2) is 0 Å². The molecule has 1 aromatic heterocycles. The summed E-state index contributed by atoms with van der Waals surface area (Å²) in [7, 11) is 0. The molecule has 0 bridgehead atoms. The second-order valence-corrected chi connectivity index (χ2v) is 3.23. The third kappa shape index (κ3) is 2.35. The summed E-state index contributed by atoms with van der Waals surface area (Å²) in [4.78, 5) is 7.90. The Hall–Kier alpha value is -1.81. The lowest BCUT2D eigenvalue weighted by molar-refractivity contribution is 0.477. The first-order valence-electron chi connectivity index (χ1n) is 4.29. The van der Waals surface area contributed by atoms with Gasteiger partial charge in [-0.3, -0.25) is 0 Å². The van der Waals surface area contributed by atoms with Crippen LogP contribution in [0.15, 0.2) is 36.5 Å². The van der Waals surface area contributed by atoms with Gasteiger partial charge in [0.2, 0.25) is 5.95 Å². The van der Waals surface area contributed by atoms with Crippen LogP contribution in [0.4, 0.5) is 11.6 Å². The van der Waals surface area contributed by atoms with E-state index in [9.17, 15) is 5.11 Å². The number of rotatable bonds is 2. The first-order valence-corrected chi connectivity index (χ1v) is 4.67. The zero-order valence-corrected chi connectivity index (χ0v) is 8.44. The van der Waals surface area contributed by atoms with Crippen molar-refractivity contribution < 1.29 is 5.11 Å². The van der Waals surface area contributed by atoms with E-state index >= 15 is 0 Å². The van der Waals surface area contributed by atoms with Gasteiger partial charge in [-0.05, 0) is 18.2 Å². The van der Waals surface area contributed by atoms with Gasteiger partial charge in [-0.2, -0.15) is 0 Å². The highest BCUT2D eigenvalue weighted by atomic mass is 35.5. The summed E-state index contributed by atoms with van der Waals surface area (Å²) in [5, 5.41) is 12.7. The number of phenolic OH excluding ortho intramolecular Hbond substituents is 1. The average Bonchev–Trinajstić information content (AvgIpc) is 2.22. The second kappa shape index (κ2) is 4.14. The molecule has 1 heterocycles. The maximum absolute atomic E-state index is 9.49. The summed E-state index contributed by atoms with van der Waals surface area (Å²) in [6.07, 6.45) is 1.54. The lowest BCUT2D eigenvalue weighted by Crippen LogP contribution is -1.96. The van der Waals surface area contributed by atoms with E-state index in [4.69, 9.17) is 11.6 Å². The third-order valence-electron chi connectivity index (χ3n) is 1.77. The van der Waals surface area contributed by atoms with Crippen molar-refractivity contribution in [3.05, 3.63) is 41.7 Å². The maximum atomic E-state index is 9.49. The van der Waals surface area contributed by atoms with Crippen molar-refractivity contribution >= 4 is 23.2 Å². The minimum atomic E-state index is 0.140. The minimum absolute atomic E-state index is 0.140. The van der Waals surface area contributed by atoms with Gasteiger partial charge < -0.3 is 10.4 Å². The Balaban J connectivity index is 2.26. The number of anilines is 2. The Bertz CT molecular complexity index is 476. The first kappa shape index (κ1) is 9.73. The number of phenols is 1. The molecule has 0 radical (unpaired) electrons. The molecule has 0 aliphatic heterocycles. The van der Waals surface area contributed by atoms with Gasteiger partial charge in [0.1, 0.15) is 10.9 Å². The molecule has 0 fully saturated rings. The van der Waals surface area contributed by atoms with E-state index < -0.39 is 0 Å². The van der Waals surface area contributed by atoms with Gasteiger partial charge in [0.05, 0.1) is 5.69 Å². The second-order valence-electron chi connectivity index (χ2n) is 2.85. The van der Waals surface area contributed by atoms with Crippen molar-refractivity contribution in [1.82, 2.24) is 9.97 Å². The first-order chi connectivity index (χ1) is 7.25. The van der Waals surface area contributed by atoms with Crippen molar-refractivity contribution in [2.24, 2.45) is 0 Å². The molecule has 15 heavy (non-hydrogen) atoms. The normalized spacial score (nSPS) is 9.93. The maximum Gasteiger partial charge on any atom is 0.228 e. The van der Waals surface area contributed by atoms with Crippen LogP contribution in [-0.2, 0) is 0 Å². The molecule has 0 saturated carbocycles. The quantitative estimate of drug-likeness (QED) is 0.605. The molecule has 4 nitrogen and oxygen atoms in total. The van der Waals surface area contributed by atoms with Crippen LogP contribution in [0.3, 0.4) is 0 Å². The number of nitrogens with one attached hydrogen (secondary N) is 1. The van der Waals surface area contributed by atoms with Crippen LogP contribution in [0.1, 0.15) is 0 Å². The fourth-order valence-electron chi connectivity index (χ4n) is 1.10. The predicted molar refractivity (Wildman–Crippen MR) is 58.4 cm³/mol. The molecule has 0 atom stereocenters. The SMILES string of the molecule is Oc1ccccc1Nc1nccc(Cl)n1. The average molecular weight is 222 g/mol. The number of benzene rings is 1. The Morgan fingerprint density at radius 3 is 2.73 bits per heavy atom. The molecule has 0 aliphatic rings. The molecule has 1 aromatic carbocycles. The van der Waals surface area contributed by atoms with Gasteiger partial charge in [-0.1, -0.05) is 23.7 Å². The molecule has 2 N–H and O–H groups in total. The van der Waals surface area contributed by atoms with Crippen LogP contribution in [0.5, 0.6) is 5.75 Å². The Labute approximate surface area is 91.6 Å². The summed E-state index contributed by atoms with van der Waals surface area (Å²) >= 11 is 5.70. The molecule has 2 aromatic rings.